The molecule has 3 heterocycles. The quantitative estimate of drug-likeness (QED) is 0.531. The van der Waals surface area contributed by atoms with Crippen LogP contribution in [0.25, 0.3) is 0 Å². The fourth-order valence-corrected chi connectivity index (χ4v) is 4.63. The zero-order chi connectivity index (χ0) is 19.6. The van der Waals surface area contributed by atoms with E-state index in [9.17, 15) is 0 Å². The summed E-state index contributed by atoms with van der Waals surface area (Å²) < 4.78 is 12.0. The third-order valence-electron chi connectivity index (χ3n) is 6.29. The number of aliphatic imine (C=N–C) groups is 1. The Hall–Kier alpha value is -0.850. The Labute approximate surface area is 172 Å². The molecule has 6 nitrogen and oxygen atoms in total. The van der Waals surface area contributed by atoms with Gasteiger partial charge in [0.1, 0.15) is 0 Å². The van der Waals surface area contributed by atoms with Gasteiger partial charge in [0.05, 0.1) is 25.4 Å². The molecule has 0 amide bonds. The molecular formula is C22H42N4O2. The number of rotatable bonds is 7. The second-order valence-electron chi connectivity index (χ2n) is 8.79. The van der Waals surface area contributed by atoms with Gasteiger partial charge in [-0.2, -0.15) is 0 Å². The van der Waals surface area contributed by atoms with Crippen LogP contribution < -0.4 is 5.32 Å². The predicted molar refractivity (Wildman–Crippen MR) is 115 cm³/mol. The van der Waals surface area contributed by atoms with Crippen molar-refractivity contribution in [3.8, 4) is 0 Å². The number of nitrogens with zero attached hydrogens (tertiary/aromatic N) is 3. The summed E-state index contributed by atoms with van der Waals surface area (Å²) in [6, 6.07) is 0. The molecule has 0 aromatic rings. The van der Waals surface area contributed by atoms with Crippen molar-refractivity contribution in [3.63, 3.8) is 0 Å². The van der Waals surface area contributed by atoms with Crippen molar-refractivity contribution in [2.45, 2.75) is 71.0 Å². The highest BCUT2D eigenvalue weighted by Crippen LogP contribution is 2.18. The highest BCUT2D eigenvalue weighted by atomic mass is 16.5. The number of piperidine rings is 2. The lowest BCUT2D eigenvalue weighted by molar-refractivity contribution is -0.0721. The molecule has 28 heavy (non-hydrogen) atoms. The minimum absolute atomic E-state index is 0.322. The normalized spacial score (nSPS) is 28.5. The summed E-state index contributed by atoms with van der Waals surface area (Å²) >= 11 is 0. The molecule has 0 aromatic carbocycles. The van der Waals surface area contributed by atoms with Gasteiger partial charge in [-0.1, -0.05) is 6.92 Å². The molecule has 3 fully saturated rings. The van der Waals surface area contributed by atoms with Crippen LogP contribution >= 0.6 is 0 Å². The Kier molecular flexibility index (Phi) is 9.35. The highest BCUT2D eigenvalue weighted by Gasteiger charge is 2.24. The molecule has 3 rings (SSSR count). The number of hydrogen-bond donors (Lipinski definition) is 1. The maximum atomic E-state index is 6.16. The first-order valence-corrected chi connectivity index (χ1v) is 11.7. The van der Waals surface area contributed by atoms with E-state index in [1.165, 1.54) is 38.8 Å². The summed E-state index contributed by atoms with van der Waals surface area (Å²) in [5, 5.41) is 3.49. The number of ether oxygens (including phenoxy) is 2. The summed E-state index contributed by atoms with van der Waals surface area (Å²) in [6.45, 7) is 13.6. The van der Waals surface area contributed by atoms with E-state index in [2.05, 4.69) is 29.0 Å². The van der Waals surface area contributed by atoms with Gasteiger partial charge >= 0.3 is 0 Å². The number of nitrogens with one attached hydrogen (secondary N) is 1. The average Bonchev–Trinajstić information content (AvgIpc) is 2.73. The van der Waals surface area contributed by atoms with Gasteiger partial charge < -0.3 is 24.6 Å². The molecule has 3 aliphatic rings. The summed E-state index contributed by atoms with van der Waals surface area (Å²) in [6.07, 6.45) is 9.23. The molecular weight excluding hydrogens is 352 g/mol. The first-order valence-electron chi connectivity index (χ1n) is 11.7. The van der Waals surface area contributed by atoms with Crippen LogP contribution in [0.1, 0.15) is 58.8 Å². The van der Waals surface area contributed by atoms with E-state index < -0.39 is 0 Å². The Morgan fingerprint density at radius 2 is 1.96 bits per heavy atom. The van der Waals surface area contributed by atoms with Crippen molar-refractivity contribution in [2.24, 2.45) is 10.9 Å². The summed E-state index contributed by atoms with van der Waals surface area (Å²) in [5.74, 6) is 1.92. The zero-order valence-corrected chi connectivity index (χ0v) is 18.2. The van der Waals surface area contributed by atoms with Crippen LogP contribution in [0.4, 0.5) is 0 Å². The van der Waals surface area contributed by atoms with E-state index in [0.29, 0.717) is 12.2 Å². The van der Waals surface area contributed by atoms with Gasteiger partial charge in [-0.25, -0.2) is 0 Å². The van der Waals surface area contributed by atoms with Gasteiger partial charge in [0.2, 0.25) is 0 Å². The average molecular weight is 395 g/mol. The lowest BCUT2D eigenvalue weighted by Gasteiger charge is -2.35. The molecule has 2 atom stereocenters. The van der Waals surface area contributed by atoms with Gasteiger partial charge in [-0.05, 0) is 64.3 Å². The lowest BCUT2D eigenvalue weighted by Crippen LogP contribution is -2.47. The highest BCUT2D eigenvalue weighted by molar-refractivity contribution is 5.80. The van der Waals surface area contributed by atoms with E-state index in [1.54, 1.807) is 0 Å². The van der Waals surface area contributed by atoms with Crippen LogP contribution in [0.3, 0.4) is 0 Å². The topological polar surface area (TPSA) is 49.3 Å². The largest absolute Gasteiger partial charge is 0.376 e. The summed E-state index contributed by atoms with van der Waals surface area (Å²) in [7, 11) is 0. The van der Waals surface area contributed by atoms with Crippen molar-refractivity contribution in [2.75, 3.05) is 59.0 Å². The Morgan fingerprint density at radius 1 is 1.11 bits per heavy atom. The number of hydrogen-bond acceptors (Lipinski definition) is 4. The van der Waals surface area contributed by atoms with Gasteiger partial charge in [0, 0.05) is 39.3 Å². The maximum Gasteiger partial charge on any atom is 0.193 e. The van der Waals surface area contributed by atoms with Crippen LogP contribution in [0.5, 0.6) is 0 Å². The molecule has 2 unspecified atom stereocenters. The van der Waals surface area contributed by atoms with Crippen molar-refractivity contribution < 1.29 is 9.47 Å². The molecule has 0 aliphatic carbocycles. The SMILES string of the molecule is CCNC(=NCCN1CCCC(C)C1)N1CCC(OCC2CCCCO2)CC1. The van der Waals surface area contributed by atoms with Crippen molar-refractivity contribution >= 4 is 5.96 Å². The molecule has 0 spiro atoms. The fraction of sp³-hybridized carbons (Fsp3) is 0.955. The number of guanidine groups is 1. The van der Waals surface area contributed by atoms with Crippen LogP contribution in [-0.2, 0) is 9.47 Å². The Morgan fingerprint density at radius 3 is 2.68 bits per heavy atom. The molecule has 6 heteroatoms. The molecule has 1 N–H and O–H groups in total. The standard InChI is InChI=1S/C22H42N4O2/c1-3-23-22(24-11-15-25-12-6-7-19(2)17-25)26-13-9-20(10-14-26)28-18-21-8-4-5-16-27-21/h19-21H,3-18H2,1-2H3,(H,23,24). The van der Waals surface area contributed by atoms with Crippen LogP contribution in [-0.4, -0.2) is 87.0 Å². The maximum absolute atomic E-state index is 6.16. The molecule has 0 saturated carbocycles. The summed E-state index contributed by atoms with van der Waals surface area (Å²) in [4.78, 5) is 9.92. The predicted octanol–water partition coefficient (Wildman–Crippen LogP) is 2.73. The van der Waals surface area contributed by atoms with Gasteiger partial charge in [-0.15, -0.1) is 0 Å². The second-order valence-corrected chi connectivity index (χ2v) is 8.79. The first kappa shape index (κ1) is 21.8. The van der Waals surface area contributed by atoms with Crippen LogP contribution in [0.15, 0.2) is 4.99 Å². The van der Waals surface area contributed by atoms with Gasteiger partial charge in [-0.3, -0.25) is 4.99 Å². The fourth-order valence-electron chi connectivity index (χ4n) is 4.63. The minimum atomic E-state index is 0.322. The van der Waals surface area contributed by atoms with E-state index in [4.69, 9.17) is 14.5 Å². The first-order chi connectivity index (χ1) is 13.7. The van der Waals surface area contributed by atoms with E-state index in [1.807, 2.05) is 0 Å². The minimum Gasteiger partial charge on any atom is -0.376 e. The van der Waals surface area contributed by atoms with Crippen LogP contribution in [0.2, 0.25) is 0 Å². The Balaban J connectivity index is 1.38. The second kappa shape index (κ2) is 12.0. The molecule has 0 aromatic heterocycles. The third kappa shape index (κ3) is 7.20. The Bertz CT molecular complexity index is 459. The summed E-state index contributed by atoms with van der Waals surface area (Å²) in [5.41, 5.74) is 0. The van der Waals surface area contributed by atoms with Crippen molar-refractivity contribution in [3.05, 3.63) is 0 Å². The monoisotopic (exact) mass is 394 g/mol. The van der Waals surface area contributed by atoms with Crippen LogP contribution in [0, 0.1) is 5.92 Å². The van der Waals surface area contributed by atoms with Gasteiger partial charge in [0.25, 0.3) is 0 Å². The van der Waals surface area contributed by atoms with Gasteiger partial charge in [0.15, 0.2) is 5.96 Å². The molecule has 3 aliphatic heterocycles. The third-order valence-corrected chi connectivity index (χ3v) is 6.29. The van der Waals surface area contributed by atoms with E-state index >= 15 is 0 Å². The molecule has 162 valence electrons. The van der Waals surface area contributed by atoms with Crippen molar-refractivity contribution in [1.29, 1.82) is 0 Å². The number of likely N-dealkylation sites (tertiary alicyclic amines) is 2. The van der Waals surface area contributed by atoms with E-state index in [-0.39, 0.29) is 0 Å². The van der Waals surface area contributed by atoms with E-state index in [0.717, 1.165) is 77.1 Å². The zero-order valence-electron chi connectivity index (χ0n) is 18.2. The molecule has 3 saturated heterocycles. The molecule has 0 radical (unpaired) electrons. The molecule has 0 bridgehead atoms. The van der Waals surface area contributed by atoms with Crippen molar-refractivity contribution in [1.82, 2.24) is 15.1 Å². The smallest absolute Gasteiger partial charge is 0.193 e. The lowest BCUT2D eigenvalue weighted by atomic mass is 10.0.